The summed E-state index contributed by atoms with van der Waals surface area (Å²) in [5.41, 5.74) is 1.89. The Morgan fingerprint density at radius 1 is 0.791 bits per heavy atom. The number of nitrogens with zero attached hydrogens (tertiary/aromatic N) is 2. The van der Waals surface area contributed by atoms with Gasteiger partial charge < -0.3 is 30.6 Å². The van der Waals surface area contributed by atoms with Crippen LogP contribution in [0.2, 0.25) is 0 Å². The number of piperidine rings is 1. The summed E-state index contributed by atoms with van der Waals surface area (Å²) < 4.78 is 0. The fourth-order valence-electron chi connectivity index (χ4n) is 5.56. The van der Waals surface area contributed by atoms with Crippen molar-refractivity contribution in [1.82, 2.24) is 9.80 Å². The number of carboxylic acid groups (broad SMARTS) is 3. The van der Waals surface area contributed by atoms with Crippen molar-refractivity contribution < 1.29 is 39.6 Å². The predicted molar refractivity (Wildman–Crippen MR) is 157 cm³/mol. The Morgan fingerprint density at radius 2 is 1.33 bits per heavy atom. The van der Waals surface area contributed by atoms with Crippen LogP contribution in [0.15, 0.2) is 84.9 Å². The minimum Gasteiger partial charge on any atom is -0.481 e. The first kappa shape index (κ1) is 31.2. The largest absolute Gasteiger partial charge is 0.481 e. The summed E-state index contributed by atoms with van der Waals surface area (Å²) >= 11 is 0. The molecule has 2 aliphatic rings. The molecule has 1 saturated heterocycles. The zero-order valence-corrected chi connectivity index (χ0v) is 23.5. The third-order valence-corrected chi connectivity index (χ3v) is 7.61. The molecule has 0 aromatic heterocycles. The second-order valence-corrected chi connectivity index (χ2v) is 10.7. The molecule has 0 saturated carbocycles. The highest BCUT2D eigenvalue weighted by Gasteiger charge is 2.41. The van der Waals surface area contributed by atoms with Gasteiger partial charge in [-0.2, -0.15) is 0 Å². The number of hydrogen-bond donors (Lipinski definition) is 5. The van der Waals surface area contributed by atoms with E-state index in [2.05, 4.69) is 81.8 Å². The minimum atomic E-state index is -2.74. The molecule has 3 aromatic carbocycles. The molecule has 0 spiro atoms. The molecule has 0 bridgehead atoms. The topological polar surface area (TPSA) is 168 Å². The zero-order chi connectivity index (χ0) is 31.0. The summed E-state index contributed by atoms with van der Waals surface area (Å²) in [4.78, 5) is 48.3. The lowest BCUT2D eigenvalue weighted by Crippen LogP contribution is -2.52. The van der Waals surface area contributed by atoms with Crippen molar-refractivity contribution in [2.45, 2.75) is 49.9 Å². The van der Waals surface area contributed by atoms with Crippen molar-refractivity contribution in [3.05, 3.63) is 102 Å². The van der Waals surface area contributed by atoms with Crippen molar-refractivity contribution in [1.29, 1.82) is 0 Å². The molecule has 5 N–H and O–H groups in total. The molecular weight excluding hydrogens is 554 g/mol. The number of benzene rings is 3. The smallest absolute Gasteiger partial charge is 0.336 e. The summed E-state index contributed by atoms with van der Waals surface area (Å²) in [5.74, 6) is -5.02. The van der Waals surface area contributed by atoms with E-state index in [1.807, 2.05) is 18.2 Å². The number of fused-ring (bicyclic) bond motifs is 1. The molecule has 2 amide bonds. The van der Waals surface area contributed by atoms with Crippen LogP contribution in [-0.2, 0) is 20.9 Å². The van der Waals surface area contributed by atoms with Gasteiger partial charge in [0.05, 0.1) is 18.9 Å². The second kappa shape index (κ2) is 14.0. The van der Waals surface area contributed by atoms with Gasteiger partial charge >= 0.3 is 23.9 Å². The first-order valence-corrected chi connectivity index (χ1v) is 14.0. The van der Waals surface area contributed by atoms with Crippen LogP contribution in [0.1, 0.15) is 48.4 Å². The zero-order valence-electron chi connectivity index (χ0n) is 23.5. The average Bonchev–Trinajstić information content (AvgIpc) is 2.97. The molecule has 1 unspecified atom stereocenters. The quantitative estimate of drug-likeness (QED) is 0.247. The Labute approximate surface area is 249 Å². The van der Waals surface area contributed by atoms with Crippen LogP contribution in [0.4, 0.5) is 10.5 Å². The normalized spacial score (nSPS) is 17.2. The summed E-state index contributed by atoms with van der Waals surface area (Å²) in [6.45, 7) is 2.99. The maximum atomic E-state index is 13.2. The summed E-state index contributed by atoms with van der Waals surface area (Å²) in [5, 5.41) is 36.9. The van der Waals surface area contributed by atoms with Gasteiger partial charge in [0.25, 0.3) is 0 Å². The Kier molecular flexibility index (Phi) is 10.1. The van der Waals surface area contributed by atoms with E-state index in [4.69, 9.17) is 20.4 Å². The Hall–Kier alpha value is -4.74. The number of rotatable bonds is 9. The number of para-hydroxylation sites is 1. The minimum absolute atomic E-state index is 0.0177. The van der Waals surface area contributed by atoms with E-state index in [1.165, 1.54) is 16.7 Å². The highest BCUT2D eigenvalue weighted by atomic mass is 16.4. The number of carbonyl (C=O) groups is 4. The van der Waals surface area contributed by atoms with E-state index >= 15 is 0 Å². The number of carboxylic acids is 3. The van der Waals surface area contributed by atoms with Crippen LogP contribution in [0.3, 0.4) is 0 Å². The maximum absolute atomic E-state index is 13.2. The fourth-order valence-corrected chi connectivity index (χ4v) is 5.56. The van der Waals surface area contributed by atoms with Gasteiger partial charge in [-0.15, -0.1) is 0 Å². The van der Waals surface area contributed by atoms with Gasteiger partial charge in [-0.3, -0.25) is 14.5 Å². The number of hydrogen-bond acceptors (Lipinski definition) is 6. The van der Waals surface area contributed by atoms with Gasteiger partial charge in [0.2, 0.25) is 0 Å². The number of aliphatic hydroxyl groups is 1. The predicted octanol–water partition coefficient (Wildman–Crippen LogP) is 4.04. The molecule has 11 nitrogen and oxygen atoms in total. The summed E-state index contributed by atoms with van der Waals surface area (Å²) in [6.07, 6.45) is -0.305. The molecule has 43 heavy (non-hydrogen) atoms. The molecule has 226 valence electrons. The van der Waals surface area contributed by atoms with Crippen molar-refractivity contribution in [2.24, 2.45) is 0 Å². The van der Waals surface area contributed by atoms with Crippen molar-refractivity contribution in [3.8, 4) is 0 Å². The average molecular weight is 590 g/mol. The number of aliphatic carboxylic acids is 3. The second-order valence-electron chi connectivity index (χ2n) is 10.7. The standard InChI is InChI=1S/C26H27N3O.C6H8O7/c30-26-27-24-14-8-7-13-23(24)25(21-11-5-2-6-12-21)29(26)22-15-17-28(18-16-22)19-20-9-3-1-4-10-20;7-3(8)1-6(13,5(11)12)2-4(9)10/h1-14,22,25H,15-19H2,(H,27,30);13H,1-2H2,(H,7,8)(H,9,10)(H,11,12). The number of likely N-dealkylation sites (tertiary alicyclic amines) is 1. The summed E-state index contributed by atoms with van der Waals surface area (Å²) in [7, 11) is 0. The van der Waals surface area contributed by atoms with E-state index in [0.29, 0.717) is 0 Å². The molecule has 2 aliphatic heterocycles. The van der Waals surface area contributed by atoms with Crippen LogP contribution < -0.4 is 5.32 Å². The lowest BCUT2D eigenvalue weighted by molar-refractivity contribution is -0.170. The third kappa shape index (κ3) is 7.97. The van der Waals surface area contributed by atoms with Crippen LogP contribution in [-0.4, -0.2) is 78.9 Å². The molecule has 11 heteroatoms. The van der Waals surface area contributed by atoms with Crippen LogP contribution in [0, 0.1) is 0 Å². The van der Waals surface area contributed by atoms with Crippen molar-refractivity contribution in [3.63, 3.8) is 0 Å². The molecule has 1 atom stereocenters. The van der Waals surface area contributed by atoms with E-state index in [0.717, 1.165) is 38.2 Å². The Morgan fingerprint density at radius 3 is 1.88 bits per heavy atom. The molecule has 1 fully saturated rings. The Bertz CT molecular complexity index is 1410. The van der Waals surface area contributed by atoms with Crippen molar-refractivity contribution >= 4 is 29.6 Å². The molecule has 0 aliphatic carbocycles. The van der Waals surface area contributed by atoms with Crippen molar-refractivity contribution in [2.75, 3.05) is 18.4 Å². The highest BCUT2D eigenvalue weighted by molar-refractivity contribution is 5.94. The third-order valence-electron chi connectivity index (χ3n) is 7.61. The van der Waals surface area contributed by atoms with E-state index < -0.39 is 36.4 Å². The van der Waals surface area contributed by atoms with E-state index in [-0.39, 0.29) is 18.1 Å². The molecular formula is C32H35N3O8. The lowest BCUT2D eigenvalue weighted by Gasteiger charge is -2.45. The maximum Gasteiger partial charge on any atom is 0.336 e. The van der Waals surface area contributed by atoms with Crippen LogP contribution >= 0.6 is 0 Å². The highest BCUT2D eigenvalue weighted by Crippen LogP contribution is 2.40. The van der Waals surface area contributed by atoms with Gasteiger partial charge in [0.1, 0.15) is 0 Å². The van der Waals surface area contributed by atoms with Gasteiger partial charge in [-0.1, -0.05) is 78.9 Å². The number of anilines is 1. The van der Waals surface area contributed by atoms with E-state index in [1.54, 1.807) is 0 Å². The lowest BCUT2D eigenvalue weighted by atomic mass is 9.90. The SMILES string of the molecule is O=C(O)CC(O)(CC(=O)O)C(=O)O.O=C1Nc2ccccc2C(c2ccccc2)N1C1CCN(Cc2ccccc2)CC1. The number of urea groups is 1. The molecule has 5 rings (SSSR count). The van der Waals surface area contributed by atoms with Crippen LogP contribution in [0.5, 0.6) is 0 Å². The first-order chi connectivity index (χ1) is 20.6. The van der Waals surface area contributed by atoms with Gasteiger partial charge in [-0.25, -0.2) is 9.59 Å². The summed E-state index contributed by atoms with van der Waals surface area (Å²) in [6, 6.07) is 29.5. The molecule has 3 aromatic rings. The van der Waals surface area contributed by atoms with Gasteiger partial charge in [0.15, 0.2) is 5.60 Å². The number of amides is 2. The fraction of sp³-hybridized carbons (Fsp3) is 0.312. The first-order valence-electron chi connectivity index (χ1n) is 14.0. The Balaban J connectivity index is 0.000000277. The monoisotopic (exact) mass is 589 g/mol. The number of nitrogens with one attached hydrogen (secondary N) is 1. The van der Waals surface area contributed by atoms with Gasteiger partial charge in [-0.05, 0) is 30.0 Å². The van der Waals surface area contributed by atoms with E-state index in [9.17, 15) is 19.2 Å². The number of carbonyl (C=O) groups excluding carboxylic acids is 1. The van der Waals surface area contributed by atoms with Gasteiger partial charge in [0, 0.05) is 36.9 Å². The van der Waals surface area contributed by atoms with Crippen LogP contribution in [0.25, 0.3) is 0 Å². The molecule has 0 radical (unpaired) electrons. The molecule has 2 heterocycles.